The highest BCUT2D eigenvalue weighted by molar-refractivity contribution is 7.18. The Balaban J connectivity index is 1.24. The van der Waals surface area contributed by atoms with Crippen LogP contribution in [-0.2, 0) is 17.6 Å². The molecular formula is C24H19N3OS. The molecule has 0 aliphatic rings. The Labute approximate surface area is 172 Å². The molecule has 0 aliphatic heterocycles. The van der Waals surface area contributed by atoms with Crippen molar-refractivity contribution in [2.45, 2.75) is 12.8 Å². The number of aromatic amines is 1. The van der Waals surface area contributed by atoms with Gasteiger partial charge < -0.3 is 10.3 Å². The molecule has 0 unspecified atom stereocenters. The summed E-state index contributed by atoms with van der Waals surface area (Å²) in [6.45, 7) is 0. The van der Waals surface area contributed by atoms with E-state index in [1.165, 1.54) is 10.3 Å². The molecule has 2 N–H and O–H groups in total. The van der Waals surface area contributed by atoms with Crippen LogP contribution in [0.3, 0.4) is 0 Å². The van der Waals surface area contributed by atoms with Gasteiger partial charge in [0.1, 0.15) is 0 Å². The van der Waals surface area contributed by atoms with Crippen molar-refractivity contribution < 1.29 is 4.79 Å². The van der Waals surface area contributed by atoms with E-state index < -0.39 is 0 Å². The number of hydrogen-bond donors (Lipinski definition) is 2. The summed E-state index contributed by atoms with van der Waals surface area (Å²) in [6, 6.07) is 24.2. The summed E-state index contributed by atoms with van der Waals surface area (Å²) in [6.07, 6.45) is 3.05. The van der Waals surface area contributed by atoms with E-state index in [4.69, 9.17) is 4.98 Å². The van der Waals surface area contributed by atoms with Crippen LogP contribution in [0.25, 0.3) is 21.1 Å². The first-order chi connectivity index (χ1) is 14.2. The van der Waals surface area contributed by atoms with Crippen LogP contribution in [0.15, 0.2) is 79.0 Å². The fourth-order valence-electron chi connectivity index (χ4n) is 3.53. The third-order valence-corrected chi connectivity index (χ3v) is 5.99. The molecule has 0 saturated carbocycles. The maximum Gasteiger partial charge on any atom is 0.228 e. The van der Waals surface area contributed by atoms with Crippen molar-refractivity contribution in [3.63, 3.8) is 0 Å². The monoisotopic (exact) mass is 397 g/mol. The number of amides is 1. The normalized spacial score (nSPS) is 11.2. The topological polar surface area (TPSA) is 57.8 Å². The van der Waals surface area contributed by atoms with Crippen molar-refractivity contribution in [3.05, 3.63) is 95.1 Å². The molecule has 4 nitrogen and oxygen atoms in total. The van der Waals surface area contributed by atoms with E-state index in [2.05, 4.69) is 16.4 Å². The summed E-state index contributed by atoms with van der Waals surface area (Å²) in [4.78, 5) is 20.4. The second-order valence-corrected chi connectivity index (χ2v) is 8.15. The number of nitrogens with zero attached hydrogens (tertiary/aromatic N) is 1. The number of H-pyrrole nitrogens is 1. The summed E-state index contributed by atoms with van der Waals surface area (Å²) in [7, 11) is 0. The van der Waals surface area contributed by atoms with E-state index in [-0.39, 0.29) is 5.91 Å². The van der Waals surface area contributed by atoms with E-state index in [1.54, 1.807) is 11.3 Å². The van der Waals surface area contributed by atoms with E-state index in [1.807, 2.05) is 72.9 Å². The van der Waals surface area contributed by atoms with E-state index in [9.17, 15) is 4.79 Å². The van der Waals surface area contributed by atoms with Crippen LogP contribution >= 0.6 is 11.3 Å². The second kappa shape index (κ2) is 7.53. The number of fused-ring (bicyclic) bond motifs is 2. The Hall–Kier alpha value is -3.44. The first-order valence-electron chi connectivity index (χ1n) is 9.53. The lowest BCUT2D eigenvalue weighted by Crippen LogP contribution is -2.14. The molecule has 5 heteroatoms. The van der Waals surface area contributed by atoms with Crippen molar-refractivity contribution in [1.29, 1.82) is 0 Å². The largest absolute Gasteiger partial charge is 0.361 e. The third kappa shape index (κ3) is 3.77. The highest BCUT2D eigenvalue weighted by atomic mass is 32.1. The lowest BCUT2D eigenvalue weighted by Gasteiger charge is -2.06. The molecule has 142 valence electrons. The zero-order valence-electron chi connectivity index (χ0n) is 15.7. The summed E-state index contributed by atoms with van der Waals surface area (Å²) in [5, 5.41) is 5.18. The number of benzene rings is 3. The van der Waals surface area contributed by atoms with Crippen LogP contribution < -0.4 is 5.32 Å². The minimum absolute atomic E-state index is 0.0197. The van der Waals surface area contributed by atoms with Crippen molar-refractivity contribution in [3.8, 4) is 0 Å². The van der Waals surface area contributed by atoms with Crippen LogP contribution in [-0.4, -0.2) is 15.9 Å². The zero-order valence-corrected chi connectivity index (χ0v) is 16.5. The standard InChI is InChI=1S/C24H19N3OS/c28-23(14-17-15-25-20-6-2-1-5-19(17)20)26-18-11-9-16(10-12-18)13-24-27-21-7-3-4-8-22(21)29-24/h1-12,15,25H,13-14H2,(H,26,28). The molecule has 0 radical (unpaired) electrons. The Kier molecular flexibility index (Phi) is 4.58. The van der Waals surface area contributed by atoms with Crippen molar-refractivity contribution in [2.24, 2.45) is 0 Å². The van der Waals surface area contributed by atoms with Gasteiger partial charge in [0.2, 0.25) is 5.91 Å². The van der Waals surface area contributed by atoms with Crippen LogP contribution in [0.2, 0.25) is 0 Å². The van der Waals surface area contributed by atoms with Gasteiger partial charge >= 0.3 is 0 Å². The van der Waals surface area contributed by atoms with Gasteiger partial charge in [-0.25, -0.2) is 4.98 Å². The van der Waals surface area contributed by atoms with Gasteiger partial charge in [0.25, 0.3) is 0 Å². The summed E-state index contributed by atoms with van der Waals surface area (Å²) in [5.74, 6) is -0.0197. The fraction of sp³-hybridized carbons (Fsp3) is 0.0833. The lowest BCUT2D eigenvalue weighted by atomic mass is 10.1. The number of para-hydroxylation sites is 2. The van der Waals surface area contributed by atoms with Gasteiger partial charge in [-0.2, -0.15) is 0 Å². The number of hydrogen-bond acceptors (Lipinski definition) is 3. The Bertz CT molecular complexity index is 1270. The van der Waals surface area contributed by atoms with Crippen LogP contribution in [0.4, 0.5) is 5.69 Å². The second-order valence-electron chi connectivity index (χ2n) is 7.03. The van der Waals surface area contributed by atoms with Crippen molar-refractivity contribution in [2.75, 3.05) is 5.32 Å². The molecule has 0 spiro atoms. The Morgan fingerprint density at radius 3 is 2.62 bits per heavy atom. The van der Waals surface area contributed by atoms with Gasteiger partial charge in [-0.1, -0.05) is 42.5 Å². The number of carbonyl (C=O) groups is 1. The highest BCUT2D eigenvalue weighted by Gasteiger charge is 2.09. The SMILES string of the molecule is O=C(Cc1c[nH]c2ccccc12)Nc1ccc(Cc2nc3ccccc3s2)cc1. The first kappa shape index (κ1) is 17.6. The van der Waals surface area contributed by atoms with Crippen LogP contribution in [0, 0.1) is 0 Å². The Morgan fingerprint density at radius 1 is 0.966 bits per heavy atom. The molecule has 5 aromatic rings. The smallest absolute Gasteiger partial charge is 0.228 e. The fourth-order valence-corrected chi connectivity index (χ4v) is 4.53. The van der Waals surface area contributed by atoms with Crippen LogP contribution in [0.5, 0.6) is 0 Å². The summed E-state index contributed by atoms with van der Waals surface area (Å²) in [5.41, 5.74) is 5.09. The molecular weight excluding hydrogens is 378 g/mol. The van der Waals surface area contributed by atoms with Crippen molar-refractivity contribution >= 4 is 44.1 Å². The van der Waals surface area contributed by atoms with E-state index in [0.29, 0.717) is 6.42 Å². The molecule has 2 heterocycles. The maximum absolute atomic E-state index is 12.5. The molecule has 0 fully saturated rings. The molecule has 0 saturated heterocycles. The molecule has 0 aliphatic carbocycles. The average Bonchev–Trinajstić information content (AvgIpc) is 3.33. The number of nitrogens with one attached hydrogen (secondary N) is 2. The van der Waals surface area contributed by atoms with E-state index in [0.717, 1.165) is 39.1 Å². The van der Waals surface area contributed by atoms with Crippen molar-refractivity contribution in [1.82, 2.24) is 9.97 Å². The zero-order chi connectivity index (χ0) is 19.6. The molecule has 3 aromatic carbocycles. The molecule has 1 amide bonds. The molecule has 5 rings (SSSR count). The van der Waals surface area contributed by atoms with Gasteiger partial charge in [-0.05, 0) is 41.5 Å². The van der Waals surface area contributed by atoms with E-state index >= 15 is 0 Å². The average molecular weight is 398 g/mol. The molecule has 0 atom stereocenters. The highest BCUT2D eigenvalue weighted by Crippen LogP contribution is 2.24. The van der Waals surface area contributed by atoms with Gasteiger partial charge in [-0.3, -0.25) is 4.79 Å². The molecule has 2 aromatic heterocycles. The summed E-state index contributed by atoms with van der Waals surface area (Å²) < 4.78 is 1.21. The van der Waals surface area contributed by atoms with Gasteiger partial charge in [0.15, 0.2) is 0 Å². The number of aromatic nitrogens is 2. The number of anilines is 1. The third-order valence-electron chi connectivity index (χ3n) is 4.96. The lowest BCUT2D eigenvalue weighted by molar-refractivity contribution is -0.115. The van der Waals surface area contributed by atoms with Gasteiger partial charge in [0, 0.05) is 29.2 Å². The minimum atomic E-state index is -0.0197. The number of rotatable bonds is 5. The molecule has 0 bridgehead atoms. The number of thiazole rings is 1. The first-order valence-corrected chi connectivity index (χ1v) is 10.3. The quantitative estimate of drug-likeness (QED) is 0.408. The summed E-state index contributed by atoms with van der Waals surface area (Å²) >= 11 is 1.73. The number of carbonyl (C=O) groups excluding carboxylic acids is 1. The van der Waals surface area contributed by atoms with Crippen LogP contribution in [0.1, 0.15) is 16.1 Å². The Morgan fingerprint density at radius 2 is 1.76 bits per heavy atom. The predicted molar refractivity (Wildman–Crippen MR) is 120 cm³/mol. The predicted octanol–water partition coefficient (Wildman–Crippen LogP) is 5.55. The van der Waals surface area contributed by atoms with Gasteiger partial charge in [-0.15, -0.1) is 11.3 Å². The molecule has 29 heavy (non-hydrogen) atoms. The maximum atomic E-state index is 12.5. The van der Waals surface area contributed by atoms with Gasteiger partial charge in [0.05, 0.1) is 21.6 Å². The minimum Gasteiger partial charge on any atom is -0.361 e.